The summed E-state index contributed by atoms with van der Waals surface area (Å²) >= 11 is 4.29. The van der Waals surface area contributed by atoms with Crippen molar-refractivity contribution in [3.8, 4) is 0 Å². The molecular formula is C8H12N2O3S. The van der Waals surface area contributed by atoms with E-state index in [0.717, 1.165) is 6.54 Å². The predicted octanol–water partition coefficient (Wildman–Crippen LogP) is 1.05. The average molecular weight is 216 g/mol. The van der Waals surface area contributed by atoms with Gasteiger partial charge in [-0.15, -0.1) is 0 Å². The number of thiol groups is 1. The Labute approximate surface area is 87.5 Å². The quantitative estimate of drug-likeness (QED) is 0.348. The minimum absolute atomic E-state index is 0.424. The largest absolute Gasteiger partial charge is 0.356 e. The van der Waals surface area contributed by atoms with E-state index < -0.39 is 5.09 Å². The zero-order valence-corrected chi connectivity index (χ0v) is 8.63. The average Bonchev–Trinajstić information content (AvgIpc) is 2.03. The maximum atomic E-state index is 8.25. The van der Waals surface area contributed by atoms with Gasteiger partial charge in [-0.3, -0.25) is 0 Å². The van der Waals surface area contributed by atoms with Crippen molar-refractivity contribution in [1.29, 1.82) is 0 Å². The minimum Gasteiger partial charge on any atom is -0.356 e. The lowest BCUT2D eigenvalue weighted by Crippen LogP contribution is -2.36. The molecule has 6 heteroatoms. The molecule has 1 aromatic rings. The Morgan fingerprint density at radius 3 is 2.14 bits per heavy atom. The van der Waals surface area contributed by atoms with Crippen LogP contribution in [0.15, 0.2) is 30.6 Å². The highest BCUT2D eigenvalue weighted by Gasteiger charge is 2.00. The maximum absolute atomic E-state index is 8.25. The van der Waals surface area contributed by atoms with Crippen molar-refractivity contribution in [3.63, 3.8) is 0 Å². The molecule has 1 aromatic heterocycles. The summed E-state index contributed by atoms with van der Waals surface area (Å²) in [6.07, 6.45) is 4.10. The van der Waals surface area contributed by atoms with E-state index in [1.54, 1.807) is 0 Å². The molecule has 0 aliphatic carbocycles. The number of aromatic nitrogens is 1. The van der Waals surface area contributed by atoms with Crippen LogP contribution < -0.4 is 4.57 Å². The molecule has 0 bridgehead atoms. The highest BCUT2D eigenvalue weighted by molar-refractivity contribution is 7.80. The van der Waals surface area contributed by atoms with E-state index in [2.05, 4.69) is 24.1 Å². The maximum Gasteiger partial charge on any atom is 0.168 e. The smallest absolute Gasteiger partial charge is 0.168 e. The number of nitrogens with zero attached hydrogens (tertiary/aromatic N) is 2. The van der Waals surface area contributed by atoms with Gasteiger partial charge in [-0.2, -0.15) is 12.6 Å². The van der Waals surface area contributed by atoms with Crippen molar-refractivity contribution < 1.29 is 9.65 Å². The molecule has 1 unspecified atom stereocenters. The summed E-state index contributed by atoms with van der Waals surface area (Å²) in [5.74, 6) is 0. The van der Waals surface area contributed by atoms with Gasteiger partial charge in [0.05, 0.1) is 10.3 Å². The van der Waals surface area contributed by atoms with Crippen molar-refractivity contribution in [3.05, 3.63) is 45.9 Å². The molecule has 0 aromatic carbocycles. The van der Waals surface area contributed by atoms with Gasteiger partial charge >= 0.3 is 0 Å². The van der Waals surface area contributed by atoms with Gasteiger partial charge in [-0.25, -0.2) is 4.57 Å². The molecule has 14 heavy (non-hydrogen) atoms. The molecule has 0 aliphatic heterocycles. The second-order valence-corrected chi connectivity index (χ2v) is 3.53. The normalized spacial score (nSPS) is 11.0. The van der Waals surface area contributed by atoms with Crippen LogP contribution in [0.25, 0.3) is 0 Å². The molecule has 1 rings (SSSR count). The van der Waals surface area contributed by atoms with Crippen LogP contribution in [-0.2, 0) is 6.54 Å². The molecule has 0 radical (unpaired) electrons. The summed E-state index contributed by atoms with van der Waals surface area (Å²) in [4.78, 5) is 8.25. The molecule has 0 aliphatic rings. The van der Waals surface area contributed by atoms with Crippen LogP contribution in [0.5, 0.6) is 0 Å². The summed E-state index contributed by atoms with van der Waals surface area (Å²) in [6, 6.07) is 6.06. The fourth-order valence-electron chi connectivity index (χ4n) is 0.861. The molecule has 0 spiro atoms. The Balaban J connectivity index is 0.000000364. The molecule has 0 saturated heterocycles. The molecule has 1 atom stereocenters. The first-order chi connectivity index (χ1) is 6.52. The van der Waals surface area contributed by atoms with Crippen LogP contribution in [0.1, 0.15) is 6.92 Å². The van der Waals surface area contributed by atoms with Crippen molar-refractivity contribution >= 4 is 12.6 Å². The molecule has 5 nitrogen and oxygen atoms in total. The molecule has 0 fully saturated rings. The van der Waals surface area contributed by atoms with Crippen LogP contribution in [0.2, 0.25) is 0 Å². The van der Waals surface area contributed by atoms with Crippen LogP contribution in [0.3, 0.4) is 0 Å². The Morgan fingerprint density at radius 1 is 1.36 bits per heavy atom. The zero-order chi connectivity index (χ0) is 11.0. The van der Waals surface area contributed by atoms with Gasteiger partial charge < -0.3 is 15.3 Å². The van der Waals surface area contributed by atoms with Gasteiger partial charge in [0.15, 0.2) is 18.9 Å². The summed E-state index contributed by atoms with van der Waals surface area (Å²) in [5.41, 5.74) is 0. The van der Waals surface area contributed by atoms with Gasteiger partial charge in [-0.05, 0) is 6.92 Å². The van der Waals surface area contributed by atoms with Crippen LogP contribution in [-0.4, -0.2) is 10.3 Å². The number of rotatable bonds is 2. The Kier molecular flexibility index (Phi) is 6.47. The first-order valence-corrected chi connectivity index (χ1v) is 4.47. The monoisotopic (exact) mass is 216 g/mol. The summed E-state index contributed by atoms with van der Waals surface area (Å²) in [6.45, 7) is 3.06. The Hall–Kier alpha value is -1.30. The third-order valence-corrected chi connectivity index (χ3v) is 1.42. The highest BCUT2D eigenvalue weighted by Crippen LogP contribution is 1.90. The third kappa shape index (κ3) is 8.79. The van der Waals surface area contributed by atoms with E-state index in [-0.39, 0.29) is 0 Å². The summed E-state index contributed by atoms with van der Waals surface area (Å²) < 4.78 is 2.12. The van der Waals surface area contributed by atoms with Gasteiger partial charge in [-0.1, -0.05) is 6.07 Å². The van der Waals surface area contributed by atoms with Crippen molar-refractivity contribution in [2.24, 2.45) is 0 Å². The number of pyridine rings is 1. The lowest BCUT2D eigenvalue weighted by Gasteiger charge is -1.97. The van der Waals surface area contributed by atoms with E-state index in [1.807, 2.05) is 30.6 Å². The SMILES string of the molecule is CC(S)C[n+]1ccccc1.O=[N+]([O-])[O-]. The number of hydrogen-bond donors (Lipinski definition) is 1. The third-order valence-electron chi connectivity index (χ3n) is 1.25. The summed E-state index contributed by atoms with van der Waals surface area (Å²) in [5, 5.41) is 15.2. The Bertz CT molecular complexity index is 263. The van der Waals surface area contributed by atoms with Crippen molar-refractivity contribution in [1.82, 2.24) is 0 Å². The standard InChI is InChI=1S/C8H11NS.NO3/c1-8(10)7-9-5-3-2-4-6-9;2-1(3)4/h2-6,8H,7H2,1H3;/q;-1/p+1. The Morgan fingerprint density at radius 2 is 1.79 bits per heavy atom. The molecule has 78 valence electrons. The van der Waals surface area contributed by atoms with Crippen molar-refractivity contribution in [2.75, 3.05) is 0 Å². The van der Waals surface area contributed by atoms with Gasteiger partial charge in [0.2, 0.25) is 0 Å². The van der Waals surface area contributed by atoms with Crippen LogP contribution >= 0.6 is 12.6 Å². The number of hydrogen-bond acceptors (Lipinski definition) is 4. The molecule has 1 heterocycles. The highest BCUT2D eigenvalue weighted by atomic mass is 32.1. The van der Waals surface area contributed by atoms with Gasteiger partial charge in [0.25, 0.3) is 0 Å². The zero-order valence-electron chi connectivity index (χ0n) is 7.74. The van der Waals surface area contributed by atoms with Gasteiger partial charge in [0, 0.05) is 12.1 Å². The van der Waals surface area contributed by atoms with E-state index in [0.29, 0.717) is 5.25 Å². The fourth-order valence-corrected chi connectivity index (χ4v) is 1.05. The van der Waals surface area contributed by atoms with Crippen LogP contribution in [0, 0.1) is 15.3 Å². The van der Waals surface area contributed by atoms with Crippen molar-refractivity contribution in [2.45, 2.75) is 18.7 Å². The fraction of sp³-hybridized carbons (Fsp3) is 0.375. The first kappa shape index (κ1) is 12.7. The molecule has 0 saturated carbocycles. The summed E-state index contributed by atoms with van der Waals surface area (Å²) in [7, 11) is 0. The second-order valence-electron chi connectivity index (χ2n) is 2.64. The predicted molar refractivity (Wildman–Crippen MR) is 55.4 cm³/mol. The molecular weight excluding hydrogens is 204 g/mol. The van der Waals surface area contributed by atoms with E-state index in [4.69, 9.17) is 15.3 Å². The van der Waals surface area contributed by atoms with E-state index >= 15 is 0 Å². The molecule has 0 amide bonds. The lowest BCUT2D eigenvalue weighted by molar-refractivity contribution is -0.695. The lowest BCUT2D eigenvalue weighted by atomic mass is 10.4. The van der Waals surface area contributed by atoms with E-state index in [1.165, 1.54) is 0 Å². The molecule has 0 N–H and O–H groups in total. The topological polar surface area (TPSA) is 70.1 Å². The first-order valence-electron chi connectivity index (χ1n) is 3.96. The van der Waals surface area contributed by atoms with E-state index in [9.17, 15) is 0 Å². The van der Waals surface area contributed by atoms with Crippen LogP contribution in [0.4, 0.5) is 0 Å². The minimum atomic E-state index is -1.75. The van der Waals surface area contributed by atoms with Gasteiger partial charge in [0.1, 0.15) is 0 Å². The second kappa shape index (κ2) is 7.14.